The summed E-state index contributed by atoms with van der Waals surface area (Å²) in [5.74, 6) is -2.03. The summed E-state index contributed by atoms with van der Waals surface area (Å²) in [6, 6.07) is 1.90. The maximum Gasteiger partial charge on any atom is 0.167 e. The zero-order valence-corrected chi connectivity index (χ0v) is 8.48. The monoisotopic (exact) mass is 213 g/mol. The van der Waals surface area contributed by atoms with E-state index >= 15 is 0 Å². The van der Waals surface area contributed by atoms with Crippen molar-refractivity contribution in [1.82, 2.24) is 5.32 Å². The van der Waals surface area contributed by atoms with Crippen molar-refractivity contribution in [3.8, 4) is 5.75 Å². The largest absolute Gasteiger partial charge is 0.505 e. The van der Waals surface area contributed by atoms with E-state index in [1.807, 2.05) is 6.92 Å². The number of phenolic OH excluding ortho intramolecular Hbond substituents is 1. The van der Waals surface area contributed by atoms with Crippen LogP contribution in [0.4, 0.5) is 8.78 Å². The molecule has 1 fully saturated rings. The fourth-order valence-electron chi connectivity index (χ4n) is 2.08. The summed E-state index contributed by atoms with van der Waals surface area (Å²) in [5.41, 5.74) is -0.158. The first kappa shape index (κ1) is 10.4. The molecule has 1 heterocycles. The highest BCUT2D eigenvalue weighted by molar-refractivity contribution is 5.35. The Kier molecular flexibility index (Phi) is 2.38. The number of benzene rings is 1. The van der Waals surface area contributed by atoms with Crippen LogP contribution in [0.25, 0.3) is 0 Å². The lowest BCUT2D eigenvalue weighted by Gasteiger charge is -2.25. The predicted molar refractivity (Wildman–Crippen MR) is 52.6 cm³/mol. The molecule has 1 saturated heterocycles. The van der Waals surface area contributed by atoms with Gasteiger partial charge in [-0.15, -0.1) is 0 Å². The van der Waals surface area contributed by atoms with Crippen LogP contribution in [-0.2, 0) is 5.54 Å². The highest BCUT2D eigenvalue weighted by Crippen LogP contribution is 2.34. The van der Waals surface area contributed by atoms with Gasteiger partial charge in [0, 0.05) is 17.2 Å². The van der Waals surface area contributed by atoms with Gasteiger partial charge < -0.3 is 10.4 Å². The summed E-state index contributed by atoms with van der Waals surface area (Å²) in [4.78, 5) is 0. The van der Waals surface area contributed by atoms with E-state index in [9.17, 15) is 13.9 Å². The van der Waals surface area contributed by atoms with Gasteiger partial charge in [-0.05, 0) is 32.4 Å². The molecular weight excluding hydrogens is 200 g/mol. The number of rotatable bonds is 1. The molecule has 1 atom stereocenters. The van der Waals surface area contributed by atoms with Crippen LogP contribution < -0.4 is 5.32 Å². The molecule has 0 spiro atoms. The molecule has 4 heteroatoms. The third kappa shape index (κ3) is 1.69. The Morgan fingerprint density at radius 1 is 1.33 bits per heavy atom. The number of hydrogen-bond donors (Lipinski definition) is 2. The summed E-state index contributed by atoms with van der Waals surface area (Å²) in [6.07, 6.45) is 1.74. The number of phenols is 1. The topological polar surface area (TPSA) is 32.3 Å². The summed E-state index contributed by atoms with van der Waals surface area (Å²) in [6.45, 7) is 2.67. The lowest BCUT2D eigenvalue weighted by molar-refractivity contribution is 0.390. The zero-order valence-electron chi connectivity index (χ0n) is 8.48. The maximum atomic E-state index is 13.5. The van der Waals surface area contributed by atoms with E-state index in [-0.39, 0.29) is 0 Å². The smallest absolute Gasteiger partial charge is 0.167 e. The standard InChI is InChI=1S/C11H13F2NO/c1-11(3-2-4-14-11)7-5-10(15)9(13)6-8(7)12/h5-6,14-15H,2-4H2,1H3. The molecule has 0 aromatic heterocycles. The molecule has 0 saturated carbocycles. The minimum Gasteiger partial charge on any atom is -0.505 e. The molecule has 1 unspecified atom stereocenters. The van der Waals surface area contributed by atoms with E-state index in [4.69, 9.17) is 0 Å². The van der Waals surface area contributed by atoms with Crippen molar-refractivity contribution in [2.45, 2.75) is 25.3 Å². The Hall–Kier alpha value is -1.16. The van der Waals surface area contributed by atoms with Crippen LogP contribution in [0.15, 0.2) is 12.1 Å². The minimum atomic E-state index is -0.919. The van der Waals surface area contributed by atoms with Crippen molar-refractivity contribution in [2.24, 2.45) is 0 Å². The van der Waals surface area contributed by atoms with Gasteiger partial charge in [0.05, 0.1) is 0 Å². The van der Waals surface area contributed by atoms with Crippen molar-refractivity contribution in [1.29, 1.82) is 0 Å². The van der Waals surface area contributed by atoms with Gasteiger partial charge in [-0.2, -0.15) is 0 Å². The second kappa shape index (κ2) is 3.45. The van der Waals surface area contributed by atoms with Gasteiger partial charge >= 0.3 is 0 Å². The van der Waals surface area contributed by atoms with Crippen molar-refractivity contribution in [2.75, 3.05) is 6.54 Å². The molecule has 0 bridgehead atoms. The molecule has 2 N–H and O–H groups in total. The Morgan fingerprint density at radius 3 is 2.67 bits per heavy atom. The Bertz CT molecular complexity index is 386. The number of halogens is 2. The van der Waals surface area contributed by atoms with E-state index in [0.29, 0.717) is 5.56 Å². The van der Waals surface area contributed by atoms with Crippen LogP contribution in [-0.4, -0.2) is 11.7 Å². The Morgan fingerprint density at radius 2 is 2.07 bits per heavy atom. The summed E-state index contributed by atoms with van der Waals surface area (Å²) >= 11 is 0. The van der Waals surface area contributed by atoms with Gasteiger partial charge in [0.15, 0.2) is 11.6 Å². The third-order valence-electron chi connectivity index (χ3n) is 3.00. The third-order valence-corrected chi connectivity index (χ3v) is 3.00. The van der Waals surface area contributed by atoms with Crippen LogP contribution in [0.5, 0.6) is 5.75 Å². The normalized spacial score (nSPS) is 25.8. The first-order valence-corrected chi connectivity index (χ1v) is 4.96. The quantitative estimate of drug-likeness (QED) is 0.750. The Balaban J connectivity index is 2.48. The average Bonchev–Trinajstić information content (AvgIpc) is 2.60. The Labute approximate surface area is 86.9 Å². The van der Waals surface area contributed by atoms with Crippen LogP contribution in [0.3, 0.4) is 0 Å². The van der Waals surface area contributed by atoms with Crippen LogP contribution in [0.1, 0.15) is 25.3 Å². The van der Waals surface area contributed by atoms with Gasteiger partial charge in [-0.1, -0.05) is 0 Å². The van der Waals surface area contributed by atoms with E-state index in [0.717, 1.165) is 25.5 Å². The molecule has 1 aliphatic heterocycles. The second-order valence-electron chi connectivity index (χ2n) is 4.15. The SMILES string of the molecule is CC1(c2cc(O)c(F)cc2F)CCCN1. The molecule has 0 amide bonds. The van der Waals surface area contributed by atoms with Crippen LogP contribution in [0.2, 0.25) is 0 Å². The highest BCUT2D eigenvalue weighted by Gasteiger charge is 2.33. The highest BCUT2D eigenvalue weighted by atomic mass is 19.1. The molecule has 2 rings (SSSR count). The van der Waals surface area contributed by atoms with E-state index < -0.39 is 22.9 Å². The summed E-state index contributed by atoms with van der Waals surface area (Å²) in [5, 5.41) is 12.4. The van der Waals surface area contributed by atoms with Crippen LogP contribution >= 0.6 is 0 Å². The van der Waals surface area contributed by atoms with Crippen molar-refractivity contribution >= 4 is 0 Å². The van der Waals surface area contributed by atoms with Crippen molar-refractivity contribution in [3.63, 3.8) is 0 Å². The fourth-order valence-corrected chi connectivity index (χ4v) is 2.08. The molecule has 1 aliphatic rings. The molecule has 15 heavy (non-hydrogen) atoms. The van der Waals surface area contributed by atoms with E-state index in [2.05, 4.69) is 5.32 Å². The first-order valence-electron chi connectivity index (χ1n) is 4.96. The second-order valence-corrected chi connectivity index (χ2v) is 4.15. The van der Waals surface area contributed by atoms with Crippen LogP contribution in [0, 0.1) is 11.6 Å². The molecule has 82 valence electrons. The number of aromatic hydroxyl groups is 1. The van der Waals surface area contributed by atoms with Gasteiger partial charge in [-0.3, -0.25) is 0 Å². The van der Waals surface area contributed by atoms with Gasteiger partial charge in [0.25, 0.3) is 0 Å². The maximum absolute atomic E-state index is 13.5. The average molecular weight is 213 g/mol. The minimum absolute atomic E-state index is 0.332. The lowest BCUT2D eigenvalue weighted by atomic mass is 9.90. The van der Waals surface area contributed by atoms with Gasteiger partial charge in [0.1, 0.15) is 5.82 Å². The molecule has 2 nitrogen and oxygen atoms in total. The fraction of sp³-hybridized carbons (Fsp3) is 0.455. The van der Waals surface area contributed by atoms with Crippen molar-refractivity contribution < 1.29 is 13.9 Å². The molecule has 1 aromatic rings. The lowest BCUT2D eigenvalue weighted by Crippen LogP contribution is -2.34. The number of hydrogen-bond acceptors (Lipinski definition) is 2. The first-order chi connectivity index (χ1) is 7.03. The van der Waals surface area contributed by atoms with Gasteiger partial charge in [0.2, 0.25) is 0 Å². The number of nitrogens with one attached hydrogen (secondary N) is 1. The zero-order chi connectivity index (χ0) is 11.1. The van der Waals surface area contributed by atoms with Gasteiger partial charge in [-0.25, -0.2) is 8.78 Å². The summed E-state index contributed by atoms with van der Waals surface area (Å²) < 4.78 is 26.4. The molecule has 1 aromatic carbocycles. The predicted octanol–water partition coefficient (Wildman–Crippen LogP) is 2.27. The summed E-state index contributed by atoms with van der Waals surface area (Å²) in [7, 11) is 0. The molecule has 0 radical (unpaired) electrons. The van der Waals surface area contributed by atoms with E-state index in [1.54, 1.807) is 0 Å². The van der Waals surface area contributed by atoms with Crippen molar-refractivity contribution in [3.05, 3.63) is 29.3 Å². The van der Waals surface area contributed by atoms with E-state index in [1.165, 1.54) is 6.07 Å². The molecular formula is C11H13F2NO. The molecule has 0 aliphatic carbocycles.